The largest absolute Gasteiger partial charge is 0.471 e. The molecule has 2 heterocycles. The van der Waals surface area contributed by atoms with Crippen molar-refractivity contribution in [3.63, 3.8) is 0 Å². The molecule has 1 aliphatic heterocycles. The number of alkyl halides is 3. The zero-order chi connectivity index (χ0) is 18.3. The number of halogens is 3. The lowest BCUT2D eigenvalue weighted by atomic mass is 10.2. The van der Waals surface area contributed by atoms with E-state index in [-0.39, 0.29) is 25.7 Å². The Morgan fingerprint density at radius 1 is 1.12 bits per heavy atom. The van der Waals surface area contributed by atoms with Gasteiger partial charge in [0.2, 0.25) is 0 Å². The molecule has 0 atom stereocenters. The predicted molar refractivity (Wildman–Crippen MR) is 84.8 cm³/mol. The first-order chi connectivity index (χ1) is 11.9. The van der Waals surface area contributed by atoms with E-state index in [0.717, 1.165) is 23.4 Å². The van der Waals surface area contributed by atoms with Crippen LogP contribution < -0.4 is 5.32 Å². The van der Waals surface area contributed by atoms with Gasteiger partial charge in [-0.25, -0.2) is 4.79 Å². The van der Waals surface area contributed by atoms with Crippen LogP contribution in [0, 0.1) is 0 Å². The molecule has 1 aromatic heterocycles. The maximum Gasteiger partial charge on any atom is 0.471 e. The molecule has 6 nitrogen and oxygen atoms in total. The number of aromatic nitrogens is 1. The molecule has 3 amide bonds. The highest BCUT2D eigenvalue weighted by Crippen LogP contribution is 2.19. The lowest BCUT2D eigenvalue weighted by molar-refractivity contribution is -0.185. The van der Waals surface area contributed by atoms with Crippen LogP contribution in [0.4, 0.5) is 18.0 Å². The summed E-state index contributed by atoms with van der Waals surface area (Å²) in [6.45, 7) is 0.764. The zero-order valence-corrected chi connectivity index (χ0v) is 13.8. The third-order valence-electron chi connectivity index (χ3n) is 3.92. The van der Waals surface area contributed by atoms with Crippen LogP contribution in [0.2, 0.25) is 0 Å². The monoisotopic (exact) mass is 358 g/mol. The summed E-state index contributed by atoms with van der Waals surface area (Å²) in [6, 6.07) is 5.31. The van der Waals surface area contributed by atoms with Crippen molar-refractivity contribution in [2.24, 2.45) is 0 Å². The molecule has 1 saturated heterocycles. The fraction of sp³-hybridized carbons (Fsp3) is 0.562. The number of hydrogen-bond donors (Lipinski definition) is 1. The molecule has 138 valence electrons. The number of urea groups is 1. The lowest BCUT2D eigenvalue weighted by Gasteiger charge is -2.23. The Morgan fingerprint density at radius 2 is 1.84 bits per heavy atom. The molecule has 1 aromatic rings. The summed E-state index contributed by atoms with van der Waals surface area (Å²) in [4.78, 5) is 29.8. The van der Waals surface area contributed by atoms with Crippen LogP contribution in [-0.4, -0.2) is 65.6 Å². The lowest BCUT2D eigenvalue weighted by Crippen LogP contribution is -2.45. The van der Waals surface area contributed by atoms with Gasteiger partial charge in [-0.05, 0) is 31.4 Å². The van der Waals surface area contributed by atoms with Crippen LogP contribution in [0.15, 0.2) is 24.4 Å². The number of rotatable bonds is 4. The van der Waals surface area contributed by atoms with Crippen LogP contribution in [-0.2, 0) is 11.2 Å². The Bertz CT molecular complexity index is 580. The SMILES string of the molecule is O=C(NCCCc1ccccn1)N1CCCN(C(=O)C(F)(F)F)CC1. The van der Waals surface area contributed by atoms with E-state index in [1.165, 1.54) is 4.90 Å². The standard InChI is InChI=1S/C16H21F3N4O2/c17-16(18,19)14(24)22-9-4-10-23(12-11-22)15(25)21-8-3-6-13-5-1-2-7-20-13/h1-2,5,7H,3-4,6,8-12H2,(H,21,25). The van der Waals surface area contributed by atoms with E-state index in [4.69, 9.17) is 0 Å². The Kier molecular flexibility index (Phi) is 6.60. The molecule has 1 N–H and O–H groups in total. The molecule has 0 unspecified atom stereocenters. The second-order valence-electron chi connectivity index (χ2n) is 5.79. The normalized spacial score (nSPS) is 15.6. The topological polar surface area (TPSA) is 65.5 Å². The van der Waals surface area contributed by atoms with E-state index in [2.05, 4.69) is 10.3 Å². The smallest absolute Gasteiger partial charge is 0.338 e. The number of hydrogen-bond acceptors (Lipinski definition) is 3. The van der Waals surface area contributed by atoms with Crippen molar-refractivity contribution in [2.75, 3.05) is 32.7 Å². The Labute approximate surface area is 144 Å². The summed E-state index contributed by atoms with van der Waals surface area (Å²) >= 11 is 0. The third-order valence-corrected chi connectivity index (χ3v) is 3.92. The third kappa shape index (κ3) is 5.91. The summed E-state index contributed by atoms with van der Waals surface area (Å²) in [5, 5.41) is 2.76. The first kappa shape index (κ1) is 19.0. The van der Waals surface area contributed by atoms with Gasteiger partial charge in [0, 0.05) is 44.6 Å². The number of aryl methyl sites for hydroxylation is 1. The molecule has 1 fully saturated rings. The number of nitrogens with zero attached hydrogens (tertiary/aromatic N) is 3. The highest BCUT2D eigenvalue weighted by molar-refractivity contribution is 5.82. The van der Waals surface area contributed by atoms with Crippen molar-refractivity contribution < 1.29 is 22.8 Å². The average Bonchev–Trinajstić information content (AvgIpc) is 2.84. The Hall–Kier alpha value is -2.32. The first-order valence-corrected chi connectivity index (χ1v) is 8.16. The minimum absolute atomic E-state index is 0.00179. The number of amides is 3. The van der Waals surface area contributed by atoms with E-state index in [1.54, 1.807) is 6.20 Å². The van der Waals surface area contributed by atoms with Gasteiger partial charge >= 0.3 is 18.1 Å². The predicted octanol–water partition coefficient (Wildman–Crippen LogP) is 1.82. The molecule has 0 radical (unpaired) electrons. The van der Waals surface area contributed by atoms with Crippen molar-refractivity contribution >= 4 is 11.9 Å². The Morgan fingerprint density at radius 3 is 2.52 bits per heavy atom. The van der Waals surface area contributed by atoms with Crippen molar-refractivity contribution in [1.82, 2.24) is 20.1 Å². The van der Waals surface area contributed by atoms with Gasteiger partial charge in [0.05, 0.1) is 0 Å². The van der Waals surface area contributed by atoms with Gasteiger partial charge in [-0.15, -0.1) is 0 Å². The van der Waals surface area contributed by atoms with E-state index in [0.29, 0.717) is 19.5 Å². The quantitative estimate of drug-likeness (QED) is 0.835. The van der Waals surface area contributed by atoms with E-state index >= 15 is 0 Å². The van der Waals surface area contributed by atoms with E-state index in [9.17, 15) is 22.8 Å². The zero-order valence-electron chi connectivity index (χ0n) is 13.8. The van der Waals surface area contributed by atoms with Gasteiger partial charge in [0.25, 0.3) is 0 Å². The first-order valence-electron chi connectivity index (χ1n) is 8.16. The fourth-order valence-electron chi connectivity index (χ4n) is 2.63. The molecular weight excluding hydrogens is 337 g/mol. The molecular formula is C16H21F3N4O2. The minimum atomic E-state index is -4.87. The van der Waals surface area contributed by atoms with Gasteiger partial charge in [0.1, 0.15) is 0 Å². The number of carbonyl (C=O) groups is 2. The molecule has 9 heteroatoms. The van der Waals surface area contributed by atoms with Gasteiger partial charge in [-0.3, -0.25) is 9.78 Å². The van der Waals surface area contributed by atoms with Crippen molar-refractivity contribution in [3.05, 3.63) is 30.1 Å². The second-order valence-corrected chi connectivity index (χ2v) is 5.79. The van der Waals surface area contributed by atoms with Crippen LogP contribution in [0.25, 0.3) is 0 Å². The van der Waals surface area contributed by atoms with Crippen LogP contribution in [0.1, 0.15) is 18.5 Å². The molecule has 0 spiro atoms. The van der Waals surface area contributed by atoms with Crippen molar-refractivity contribution in [1.29, 1.82) is 0 Å². The molecule has 0 saturated carbocycles. The molecule has 2 rings (SSSR count). The van der Waals surface area contributed by atoms with Gasteiger partial charge in [-0.2, -0.15) is 13.2 Å². The molecule has 1 aliphatic rings. The molecule has 0 bridgehead atoms. The van der Waals surface area contributed by atoms with Crippen LogP contribution >= 0.6 is 0 Å². The molecule has 0 aromatic carbocycles. The number of nitrogens with one attached hydrogen (secondary N) is 1. The van der Waals surface area contributed by atoms with E-state index in [1.807, 2.05) is 18.2 Å². The summed E-state index contributed by atoms with van der Waals surface area (Å²) in [6.07, 6.45) is -1.39. The maximum absolute atomic E-state index is 12.5. The Balaban J connectivity index is 1.72. The number of carbonyl (C=O) groups excluding carboxylic acids is 2. The second kappa shape index (κ2) is 8.68. The molecule has 25 heavy (non-hydrogen) atoms. The van der Waals surface area contributed by atoms with Crippen LogP contribution in [0.5, 0.6) is 0 Å². The highest BCUT2D eigenvalue weighted by Gasteiger charge is 2.42. The van der Waals surface area contributed by atoms with Gasteiger partial charge < -0.3 is 15.1 Å². The summed E-state index contributed by atoms with van der Waals surface area (Å²) in [7, 11) is 0. The highest BCUT2D eigenvalue weighted by atomic mass is 19.4. The van der Waals surface area contributed by atoms with Gasteiger partial charge in [-0.1, -0.05) is 6.07 Å². The minimum Gasteiger partial charge on any atom is -0.338 e. The summed E-state index contributed by atoms with van der Waals surface area (Å²) in [5.41, 5.74) is 0.938. The summed E-state index contributed by atoms with van der Waals surface area (Å²) < 4.78 is 37.4. The summed E-state index contributed by atoms with van der Waals surface area (Å²) in [5.74, 6) is -1.84. The average molecular weight is 358 g/mol. The van der Waals surface area contributed by atoms with E-state index < -0.39 is 12.1 Å². The van der Waals surface area contributed by atoms with Crippen LogP contribution in [0.3, 0.4) is 0 Å². The van der Waals surface area contributed by atoms with Gasteiger partial charge in [0.15, 0.2) is 0 Å². The fourth-order valence-corrected chi connectivity index (χ4v) is 2.63. The van der Waals surface area contributed by atoms with Crippen molar-refractivity contribution in [2.45, 2.75) is 25.4 Å². The van der Waals surface area contributed by atoms with Crippen molar-refractivity contribution in [3.8, 4) is 0 Å². The molecule has 0 aliphatic carbocycles. The number of pyridine rings is 1. The maximum atomic E-state index is 12.5.